The first-order chi connectivity index (χ1) is 9.61. The molecule has 6 nitrogen and oxygen atoms in total. The predicted octanol–water partition coefficient (Wildman–Crippen LogP) is 1.41. The second-order valence-electron chi connectivity index (χ2n) is 4.03. The van der Waals surface area contributed by atoms with E-state index in [1.165, 1.54) is 13.2 Å². The maximum atomic E-state index is 11.7. The minimum absolute atomic E-state index is 0.00195. The topological polar surface area (TPSA) is 74.2 Å². The highest BCUT2D eigenvalue weighted by molar-refractivity contribution is 6.43. The molecule has 1 aliphatic heterocycles. The van der Waals surface area contributed by atoms with E-state index < -0.39 is 18.2 Å². The molecule has 0 aromatic heterocycles. The number of nitrogens with zero attached hydrogens (tertiary/aromatic N) is 1. The van der Waals surface area contributed by atoms with E-state index >= 15 is 0 Å². The van der Waals surface area contributed by atoms with E-state index in [1.54, 1.807) is 31.2 Å². The highest BCUT2D eigenvalue weighted by Crippen LogP contribution is 2.14. The number of rotatable bonds is 4. The number of carbonyl (C=O) groups is 2. The van der Waals surface area contributed by atoms with Crippen molar-refractivity contribution in [2.75, 3.05) is 7.11 Å². The molecular weight excluding hydrogens is 262 g/mol. The summed E-state index contributed by atoms with van der Waals surface area (Å²) in [4.78, 5) is 27.9. The molecule has 0 bridgehead atoms. The van der Waals surface area contributed by atoms with E-state index in [0.29, 0.717) is 11.1 Å². The monoisotopic (exact) mass is 275 g/mol. The molecule has 1 unspecified atom stereocenters. The SMILES string of the molecule is COC(=O)/C(=N/OC1C=C(C)C(=O)O1)c1ccccc1. The lowest BCUT2D eigenvalue weighted by Crippen LogP contribution is -2.19. The summed E-state index contributed by atoms with van der Waals surface area (Å²) in [7, 11) is 1.25. The zero-order valence-electron chi connectivity index (χ0n) is 11.0. The van der Waals surface area contributed by atoms with Crippen molar-refractivity contribution in [3.8, 4) is 0 Å². The van der Waals surface area contributed by atoms with Crippen LogP contribution in [0.3, 0.4) is 0 Å². The van der Waals surface area contributed by atoms with Gasteiger partial charge < -0.3 is 14.3 Å². The summed E-state index contributed by atoms with van der Waals surface area (Å²) in [5.74, 6) is -1.11. The molecule has 2 rings (SSSR count). The van der Waals surface area contributed by atoms with E-state index in [9.17, 15) is 9.59 Å². The van der Waals surface area contributed by atoms with Crippen LogP contribution in [0.25, 0.3) is 0 Å². The average molecular weight is 275 g/mol. The molecule has 1 atom stereocenters. The first-order valence-corrected chi connectivity index (χ1v) is 5.89. The molecule has 6 heteroatoms. The van der Waals surface area contributed by atoms with Gasteiger partial charge in [0.25, 0.3) is 6.29 Å². The maximum absolute atomic E-state index is 11.7. The van der Waals surface area contributed by atoms with Crippen molar-refractivity contribution in [2.45, 2.75) is 13.2 Å². The van der Waals surface area contributed by atoms with Gasteiger partial charge in [0.15, 0.2) is 5.71 Å². The lowest BCUT2D eigenvalue weighted by molar-refractivity contribution is -0.158. The molecule has 1 aromatic carbocycles. The Labute approximate surface area is 115 Å². The molecule has 104 valence electrons. The summed E-state index contributed by atoms with van der Waals surface area (Å²) in [6.45, 7) is 1.60. The van der Waals surface area contributed by atoms with Crippen LogP contribution in [0.4, 0.5) is 0 Å². The van der Waals surface area contributed by atoms with Crippen LogP contribution in [-0.2, 0) is 23.9 Å². The minimum atomic E-state index is -0.925. The van der Waals surface area contributed by atoms with Crippen LogP contribution >= 0.6 is 0 Å². The molecule has 0 saturated heterocycles. The molecule has 1 heterocycles. The number of hydrogen-bond donors (Lipinski definition) is 0. The third kappa shape index (κ3) is 3.03. The smallest absolute Gasteiger partial charge is 0.360 e. The van der Waals surface area contributed by atoms with Crippen LogP contribution in [0.15, 0.2) is 47.1 Å². The second kappa shape index (κ2) is 6.01. The summed E-state index contributed by atoms with van der Waals surface area (Å²) >= 11 is 0. The van der Waals surface area contributed by atoms with Crippen molar-refractivity contribution in [1.29, 1.82) is 0 Å². The van der Waals surface area contributed by atoms with Crippen molar-refractivity contribution < 1.29 is 23.9 Å². The Bertz CT molecular complexity index is 576. The molecule has 0 amide bonds. The standard InChI is InChI=1S/C14H13NO5/c1-9-8-11(19-13(9)16)20-15-12(14(17)18-2)10-6-4-3-5-7-10/h3-8,11H,1-2H3/b15-12+. The molecule has 0 N–H and O–H groups in total. The van der Waals surface area contributed by atoms with Crippen molar-refractivity contribution in [3.63, 3.8) is 0 Å². The van der Waals surface area contributed by atoms with Crippen LogP contribution in [0, 0.1) is 0 Å². The minimum Gasteiger partial charge on any atom is -0.464 e. The Balaban J connectivity index is 2.18. The van der Waals surface area contributed by atoms with Crippen LogP contribution in [0.2, 0.25) is 0 Å². The molecule has 0 aliphatic carbocycles. The van der Waals surface area contributed by atoms with Gasteiger partial charge in [0.05, 0.1) is 7.11 Å². The Kier molecular flexibility index (Phi) is 4.14. The molecule has 0 fully saturated rings. The van der Waals surface area contributed by atoms with E-state index in [-0.39, 0.29) is 5.71 Å². The van der Waals surface area contributed by atoms with Crippen molar-refractivity contribution in [1.82, 2.24) is 0 Å². The van der Waals surface area contributed by atoms with Crippen molar-refractivity contribution >= 4 is 17.7 Å². The summed E-state index contributed by atoms with van der Waals surface area (Å²) in [5.41, 5.74) is 0.982. The van der Waals surface area contributed by atoms with Gasteiger partial charge in [-0.15, -0.1) is 0 Å². The highest BCUT2D eigenvalue weighted by atomic mass is 16.8. The number of oxime groups is 1. The van der Waals surface area contributed by atoms with Crippen molar-refractivity contribution in [3.05, 3.63) is 47.5 Å². The molecule has 1 aromatic rings. The van der Waals surface area contributed by atoms with Gasteiger partial charge in [0.2, 0.25) is 0 Å². The number of hydrogen-bond acceptors (Lipinski definition) is 6. The van der Waals surface area contributed by atoms with Gasteiger partial charge in [-0.2, -0.15) is 0 Å². The zero-order valence-corrected chi connectivity index (χ0v) is 11.0. The zero-order chi connectivity index (χ0) is 14.5. The average Bonchev–Trinajstić information content (AvgIpc) is 2.78. The Morgan fingerprint density at radius 2 is 2.00 bits per heavy atom. The Morgan fingerprint density at radius 3 is 2.55 bits per heavy atom. The number of ether oxygens (including phenoxy) is 2. The molecule has 20 heavy (non-hydrogen) atoms. The van der Waals surface area contributed by atoms with Crippen LogP contribution < -0.4 is 0 Å². The third-order valence-electron chi connectivity index (χ3n) is 2.61. The molecule has 0 spiro atoms. The predicted molar refractivity (Wildman–Crippen MR) is 69.7 cm³/mol. The fourth-order valence-electron chi connectivity index (χ4n) is 1.56. The van der Waals surface area contributed by atoms with E-state index in [4.69, 9.17) is 9.57 Å². The second-order valence-corrected chi connectivity index (χ2v) is 4.03. The third-order valence-corrected chi connectivity index (χ3v) is 2.61. The number of methoxy groups -OCH3 is 1. The van der Waals surface area contributed by atoms with Crippen molar-refractivity contribution in [2.24, 2.45) is 5.16 Å². The van der Waals surface area contributed by atoms with Gasteiger partial charge in [-0.1, -0.05) is 35.5 Å². The fourth-order valence-corrected chi connectivity index (χ4v) is 1.56. The van der Waals surface area contributed by atoms with Gasteiger partial charge in [-0.3, -0.25) is 0 Å². The molecule has 0 radical (unpaired) electrons. The number of benzene rings is 1. The number of esters is 2. The molecule has 0 saturated carbocycles. The van der Waals surface area contributed by atoms with Gasteiger partial charge in [-0.05, 0) is 6.92 Å². The Morgan fingerprint density at radius 1 is 1.30 bits per heavy atom. The van der Waals surface area contributed by atoms with Gasteiger partial charge >= 0.3 is 11.9 Å². The quantitative estimate of drug-likeness (QED) is 0.472. The summed E-state index contributed by atoms with van der Waals surface area (Å²) < 4.78 is 9.51. The van der Waals surface area contributed by atoms with Crippen LogP contribution in [0.5, 0.6) is 0 Å². The van der Waals surface area contributed by atoms with Gasteiger partial charge in [0, 0.05) is 17.2 Å². The summed E-state index contributed by atoms with van der Waals surface area (Å²) in [6.07, 6.45) is 0.553. The van der Waals surface area contributed by atoms with E-state index in [0.717, 1.165) is 0 Å². The van der Waals surface area contributed by atoms with Gasteiger partial charge in [0.1, 0.15) is 0 Å². The summed E-state index contributed by atoms with van der Waals surface area (Å²) in [6, 6.07) is 8.71. The normalized spacial score (nSPS) is 18.3. The largest absolute Gasteiger partial charge is 0.464 e. The van der Waals surface area contributed by atoms with E-state index in [2.05, 4.69) is 9.89 Å². The van der Waals surface area contributed by atoms with Crippen LogP contribution in [-0.4, -0.2) is 31.1 Å². The maximum Gasteiger partial charge on any atom is 0.360 e. The first kappa shape index (κ1) is 13.8. The number of carbonyl (C=O) groups excluding carboxylic acids is 2. The Hall–Kier alpha value is -2.63. The van der Waals surface area contributed by atoms with E-state index in [1.807, 2.05) is 6.07 Å². The lowest BCUT2D eigenvalue weighted by Gasteiger charge is -2.08. The van der Waals surface area contributed by atoms with Gasteiger partial charge in [-0.25, -0.2) is 9.59 Å². The lowest BCUT2D eigenvalue weighted by atomic mass is 10.1. The molecule has 1 aliphatic rings. The van der Waals surface area contributed by atoms with Crippen LogP contribution in [0.1, 0.15) is 12.5 Å². The number of cyclic esters (lactones) is 1. The first-order valence-electron chi connectivity index (χ1n) is 5.89. The summed E-state index contributed by atoms with van der Waals surface area (Å²) in [5, 5.41) is 3.74. The highest BCUT2D eigenvalue weighted by Gasteiger charge is 2.24. The molecular formula is C14H13NO5. The fraction of sp³-hybridized carbons (Fsp3) is 0.214.